The van der Waals surface area contributed by atoms with Crippen molar-refractivity contribution in [3.63, 3.8) is 0 Å². The van der Waals surface area contributed by atoms with Gasteiger partial charge in [0.15, 0.2) is 6.61 Å². The lowest BCUT2D eigenvalue weighted by molar-refractivity contribution is -0.148. The van der Waals surface area contributed by atoms with Crippen molar-refractivity contribution in [3.8, 4) is 0 Å². The number of hydrogen-bond donors (Lipinski definition) is 3. The molecule has 0 fully saturated rings. The average molecular weight is 473 g/mol. The van der Waals surface area contributed by atoms with Crippen molar-refractivity contribution >= 4 is 64.2 Å². The number of amides is 3. The van der Waals surface area contributed by atoms with E-state index in [1.54, 1.807) is 24.3 Å². The van der Waals surface area contributed by atoms with Crippen LogP contribution in [0.15, 0.2) is 42.5 Å². The SMILES string of the molecule is O=C(CCC(=O)OCC(=O)Nc1cccc(Cl)c1Cl)NNC(=O)c1ccccc1Cl. The van der Waals surface area contributed by atoms with Crippen LogP contribution >= 0.6 is 34.8 Å². The number of nitrogens with one attached hydrogen (secondary N) is 3. The Hall–Kier alpha value is -2.81. The van der Waals surface area contributed by atoms with Crippen LogP contribution in [0.2, 0.25) is 15.1 Å². The van der Waals surface area contributed by atoms with Gasteiger partial charge < -0.3 is 10.1 Å². The average Bonchev–Trinajstić information content (AvgIpc) is 2.72. The number of rotatable bonds is 7. The minimum atomic E-state index is -0.769. The molecule has 0 bridgehead atoms. The third-order valence-corrected chi connectivity index (χ3v) is 4.73. The minimum Gasteiger partial charge on any atom is -0.456 e. The van der Waals surface area contributed by atoms with Gasteiger partial charge in [-0.1, -0.05) is 53.0 Å². The molecular formula is C19H16Cl3N3O5. The highest BCUT2D eigenvalue weighted by molar-refractivity contribution is 6.44. The largest absolute Gasteiger partial charge is 0.456 e. The Kier molecular flexibility index (Phi) is 8.91. The summed E-state index contributed by atoms with van der Waals surface area (Å²) in [5.74, 6) is -2.62. The van der Waals surface area contributed by atoms with Gasteiger partial charge in [0.25, 0.3) is 11.8 Å². The van der Waals surface area contributed by atoms with Crippen molar-refractivity contribution in [1.29, 1.82) is 0 Å². The molecule has 0 saturated carbocycles. The number of esters is 1. The van der Waals surface area contributed by atoms with Crippen molar-refractivity contribution in [2.45, 2.75) is 12.8 Å². The van der Waals surface area contributed by atoms with E-state index in [2.05, 4.69) is 16.2 Å². The van der Waals surface area contributed by atoms with E-state index < -0.39 is 30.3 Å². The first-order valence-corrected chi connectivity index (χ1v) is 9.64. The molecule has 11 heteroatoms. The predicted molar refractivity (Wildman–Crippen MR) is 112 cm³/mol. The van der Waals surface area contributed by atoms with E-state index in [4.69, 9.17) is 39.5 Å². The molecule has 0 aliphatic rings. The van der Waals surface area contributed by atoms with Crippen LogP contribution in [0.3, 0.4) is 0 Å². The van der Waals surface area contributed by atoms with E-state index in [-0.39, 0.29) is 39.2 Å². The molecule has 0 aromatic heterocycles. The monoisotopic (exact) mass is 471 g/mol. The molecule has 0 aliphatic heterocycles. The highest BCUT2D eigenvalue weighted by atomic mass is 35.5. The fourth-order valence-corrected chi connectivity index (χ4v) is 2.69. The zero-order valence-corrected chi connectivity index (χ0v) is 17.6. The third kappa shape index (κ3) is 7.22. The normalized spacial score (nSPS) is 10.1. The van der Waals surface area contributed by atoms with Crippen LogP contribution in [0.1, 0.15) is 23.2 Å². The Morgan fingerprint density at radius 1 is 0.800 bits per heavy atom. The minimum absolute atomic E-state index is 0.161. The van der Waals surface area contributed by atoms with Crippen molar-refractivity contribution in [3.05, 3.63) is 63.1 Å². The van der Waals surface area contributed by atoms with E-state index in [0.29, 0.717) is 0 Å². The molecule has 0 radical (unpaired) electrons. The van der Waals surface area contributed by atoms with Gasteiger partial charge in [0.2, 0.25) is 5.91 Å². The molecule has 8 nitrogen and oxygen atoms in total. The van der Waals surface area contributed by atoms with Crippen LogP contribution in [0.5, 0.6) is 0 Å². The summed E-state index contributed by atoms with van der Waals surface area (Å²) in [7, 11) is 0. The van der Waals surface area contributed by atoms with Gasteiger partial charge >= 0.3 is 5.97 Å². The van der Waals surface area contributed by atoms with Gasteiger partial charge in [-0.15, -0.1) is 0 Å². The maximum absolute atomic E-state index is 11.9. The summed E-state index contributed by atoms with van der Waals surface area (Å²) in [6.45, 7) is -0.563. The highest BCUT2D eigenvalue weighted by Gasteiger charge is 2.14. The van der Waals surface area contributed by atoms with E-state index in [9.17, 15) is 19.2 Å². The molecular weight excluding hydrogens is 457 g/mol. The van der Waals surface area contributed by atoms with E-state index in [0.717, 1.165) is 0 Å². The van der Waals surface area contributed by atoms with Crippen LogP contribution < -0.4 is 16.2 Å². The Balaban J connectivity index is 1.68. The molecule has 0 saturated heterocycles. The number of hydrazine groups is 1. The molecule has 2 aromatic carbocycles. The van der Waals surface area contributed by atoms with Gasteiger partial charge in [0.1, 0.15) is 0 Å². The Morgan fingerprint density at radius 3 is 2.23 bits per heavy atom. The zero-order chi connectivity index (χ0) is 22.1. The smallest absolute Gasteiger partial charge is 0.306 e. The molecule has 3 N–H and O–H groups in total. The topological polar surface area (TPSA) is 114 Å². The van der Waals surface area contributed by atoms with Crippen molar-refractivity contribution in [1.82, 2.24) is 10.9 Å². The molecule has 2 aromatic rings. The predicted octanol–water partition coefficient (Wildman–Crippen LogP) is 3.37. The Labute approximate surface area is 186 Å². The summed E-state index contributed by atoms with van der Waals surface area (Å²) in [6, 6.07) is 11.0. The standard InChI is InChI=1S/C19H16Cl3N3O5/c20-12-5-2-1-4-11(12)19(29)25-24-15(26)8-9-17(28)30-10-16(27)23-14-7-3-6-13(21)18(14)22/h1-7H,8-10H2,(H,23,27)(H,24,26)(H,25,29). The second-order valence-corrected chi connectivity index (χ2v) is 6.98. The van der Waals surface area contributed by atoms with Crippen LogP contribution in [-0.4, -0.2) is 30.3 Å². The molecule has 158 valence electrons. The van der Waals surface area contributed by atoms with Crippen molar-refractivity contribution < 1.29 is 23.9 Å². The van der Waals surface area contributed by atoms with Gasteiger partial charge in [-0.2, -0.15) is 0 Å². The lowest BCUT2D eigenvalue weighted by Gasteiger charge is -2.09. The van der Waals surface area contributed by atoms with E-state index >= 15 is 0 Å². The van der Waals surface area contributed by atoms with Crippen molar-refractivity contribution in [2.75, 3.05) is 11.9 Å². The quantitative estimate of drug-likeness (QED) is 0.422. The zero-order valence-electron chi connectivity index (χ0n) is 15.3. The Bertz CT molecular complexity index is 968. The van der Waals surface area contributed by atoms with Gasteiger partial charge in [-0.25, -0.2) is 0 Å². The Morgan fingerprint density at radius 2 is 1.50 bits per heavy atom. The van der Waals surface area contributed by atoms with Crippen LogP contribution in [-0.2, 0) is 19.1 Å². The third-order valence-electron chi connectivity index (χ3n) is 3.58. The number of anilines is 1. The summed E-state index contributed by atoms with van der Waals surface area (Å²) in [4.78, 5) is 47.2. The summed E-state index contributed by atoms with van der Waals surface area (Å²) in [6.07, 6.45) is -0.553. The molecule has 0 heterocycles. The first-order chi connectivity index (χ1) is 14.3. The van der Waals surface area contributed by atoms with Gasteiger partial charge in [-0.05, 0) is 24.3 Å². The molecule has 0 atom stereocenters. The lowest BCUT2D eigenvalue weighted by atomic mass is 10.2. The van der Waals surface area contributed by atoms with Crippen LogP contribution in [0.4, 0.5) is 5.69 Å². The van der Waals surface area contributed by atoms with E-state index in [1.165, 1.54) is 18.2 Å². The maximum atomic E-state index is 11.9. The number of halogens is 3. The molecule has 2 rings (SSSR count). The van der Waals surface area contributed by atoms with Gasteiger partial charge in [0, 0.05) is 6.42 Å². The molecule has 0 spiro atoms. The van der Waals surface area contributed by atoms with E-state index in [1.807, 2.05) is 0 Å². The van der Waals surface area contributed by atoms with Gasteiger partial charge in [-0.3, -0.25) is 30.0 Å². The molecule has 3 amide bonds. The number of ether oxygens (including phenoxy) is 1. The number of benzene rings is 2. The highest BCUT2D eigenvalue weighted by Crippen LogP contribution is 2.29. The van der Waals surface area contributed by atoms with Gasteiger partial charge in [0.05, 0.1) is 32.7 Å². The lowest BCUT2D eigenvalue weighted by Crippen LogP contribution is -2.41. The fraction of sp³-hybridized carbons (Fsp3) is 0.158. The summed E-state index contributed by atoms with van der Waals surface area (Å²) >= 11 is 17.7. The number of carbonyl (C=O) groups excluding carboxylic acids is 4. The molecule has 0 unspecified atom stereocenters. The maximum Gasteiger partial charge on any atom is 0.306 e. The first kappa shape index (κ1) is 23.5. The van der Waals surface area contributed by atoms with Crippen LogP contribution in [0.25, 0.3) is 0 Å². The summed E-state index contributed by atoms with van der Waals surface area (Å²) in [5.41, 5.74) is 4.81. The molecule has 0 aliphatic carbocycles. The first-order valence-electron chi connectivity index (χ1n) is 8.51. The number of hydrogen-bond acceptors (Lipinski definition) is 5. The summed E-state index contributed by atoms with van der Waals surface area (Å²) < 4.78 is 4.80. The molecule has 30 heavy (non-hydrogen) atoms. The van der Waals surface area contributed by atoms with Crippen molar-refractivity contribution in [2.24, 2.45) is 0 Å². The number of carbonyl (C=O) groups is 4. The fourth-order valence-electron chi connectivity index (χ4n) is 2.12. The van der Waals surface area contributed by atoms with Crippen LogP contribution in [0, 0.1) is 0 Å². The second-order valence-electron chi connectivity index (χ2n) is 5.79. The second kappa shape index (κ2) is 11.4. The summed E-state index contributed by atoms with van der Waals surface area (Å²) in [5, 5.41) is 3.11.